The lowest BCUT2D eigenvalue weighted by molar-refractivity contribution is 0.945. The van der Waals surface area contributed by atoms with Crippen LogP contribution in [-0.4, -0.2) is 28.2 Å². The van der Waals surface area contributed by atoms with Gasteiger partial charge < -0.3 is 18.3 Å². The summed E-state index contributed by atoms with van der Waals surface area (Å²) < 4.78 is 9.51. The van der Waals surface area contributed by atoms with E-state index in [0.717, 1.165) is 24.2 Å². The highest BCUT2D eigenvalue weighted by Gasteiger charge is 2.25. The number of aromatic nitrogens is 6. The minimum Gasteiger partial charge on any atom is -0.344 e. The second-order valence-electron chi connectivity index (χ2n) is 19.6. The summed E-state index contributed by atoms with van der Waals surface area (Å²) in [5.41, 5.74) is 24.5. The fourth-order valence-electron chi connectivity index (χ4n) is 12.4. The van der Waals surface area contributed by atoms with E-state index >= 15 is 0 Å². The molecule has 6 heteroatoms. The number of hydrogen-bond donors (Lipinski definition) is 0. The van der Waals surface area contributed by atoms with Gasteiger partial charge >= 0.3 is 0 Å². The number of nitrogens with zero attached hydrogens (tertiary/aromatic N) is 6. The molecule has 0 radical (unpaired) electrons. The van der Waals surface area contributed by atoms with Gasteiger partial charge in [0, 0.05) is 91.6 Å². The van der Waals surface area contributed by atoms with E-state index < -0.39 is 0 Å². The van der Waals surface area contributed by atoms with Crippen LogP contribution in [0.1, 0.15) is 22.3 Å². The highest BCUT2D eigenvalue weighted by molar-refractivity contribution is 6.16. The van der Waals surface area contributed by atoms with Crippen LogP contribution in [0.2, 0.25) is 0 Å². The molecular formula is C64H46N6. The van der Waals surface area contributed by atoms with Crippen LogP contribution < -0.4 is 0 Å². The number of pyridine rings is 2. The van der Waals surface area contributed by atoms with Crippen molar-refractivity contribution in [3.8, 4) is 44.8 Å². The lowest BCUT2D eigenvalue weighted by Crippen LogP contribution is -2.05. The lowest BCUT2D eigenvalue weighted by atomic mass is 9.84. The molecule has 6 aromatic heterocycles. The maximum absolute atomic E-state index is 4.68. The molecule has 14 aromatic rings. The largest absolute Gasteiger partial charge is 0.344 e. The van der Waals surface area contributed by atoms with Crippen LogP contribution in [0.4, 0.5) is 0 Å². The van der Waals surface area contributed by atoms with Crippen molar-refractivity contribution in [2.45, 2.75) is 26.7 Å². The van der Waals surface area contributed by atoms with Crippen molar-refractivity contribution in [1.82, 2.24) is 28.2 Å². The first kappa shape index (κ1) is 39.3. The van der Waals surface area contributed by atoms with Gasteiger partial charge in [-0.15, -0.1) is 0 Å². The third-order valence-corrected chi connectivity index (χ3v) is 15.9. The van der Waals surface area contributed by atoms with E-state index in [1.807, 2.05) is 24.8 Å². The standard InChI is InChI=1S/C64H46N6/c1-37-23-25-65-35-63(37)69-59-21-17-41(39-15-19-57-49(27-39)45-9-5-7-11-55(45)67(57)3)29-51(59)53-31-43-13-14-44-32-54-52-30-42(40-16-20-58-50(28-40)46-10-6-8-12-56(46)68(58)4)18-22-60(52)70(64-36-66-26-24-38(64)2)62(54)34-48(44)47(43)33-61(53)69/h5-12,15-36H,13-14H2,1-4H3. The molecule has 332 valence electrons. The molecule has 15 rings (SSSR count). The molecule has 70 heavy (non-hydrogen) atoms. The monoisotopic (exact) mass is 898 g/mol. The van der Waals surface area contributed by atoms with Gasteiger partial charge in [-0.1, -0.05) is 60.7 Å². The Morgan fingerprint density at radius 3 is 1.11 bits per heavy atom. The zero-order valence-corrected chi connectivity index (χ0v) is 39.4. The second kappa shape index (κ2) is 14.4. The van der Waals surface area contributed by atoms with Gasteiger partial charge in [0.15, 0.2) is 0 Å². The van der Waals surface area contributed by atoms with E-state index in [1.54, 1.807) is 0 Å². The normalized spacial score (nSPS) is 12.7. The van der Waals surface area contributed by atoms with Crippen LogP contribution in [0.15, 0.2) is 183 Å². The third kappa shape index (κ3) is 5.44. The molecule has 1 aliphatic carbocycles. The Morgan fingerprint density at radius 2 is 0.700 bits per heavy atom. The number of rotatable bonds is 4. The highest BCUT2D eigenvalue weighted by Crippen LogP contribution is 2.46. The van der Waals surface area contributed by atoms with E-state index in [1.165, 1.54) is 143 Å². The van der Waals surface area contributed by atoms with Crippen LogP contribution in [0, 0.1) is 13.8 Å². The summed E-state index contributed by atoms with van der Waals surface area (Å²) in [7, 11) is 4.33. The van der Waals surface area contributed by atoms with Crippen molar-refractivity contribution in [2.24, 2.45) is 14.1 Å². The average Bonchev–Trinajstić information content (AvgIpc) is 4.08. The molecule has 6 nitrogen and oxygen atoms in total. The minimum atomic E-state index is 0.969. The van der Waals surface area contributed by atoms with Crippen molar-refractivity contribution in [2.75, 3.05) is 0 Å². The number of hydrogen-bond acceptors (Lipinski definition) is 2. The molecule has 0 saturated carbocycles. The fraction of sp³-hybridized carbons (Fsp3) is 0.0938. The zero-order valence-electron chi connectivity index (χ0n) is 39.4. The van der Waals surface area contributed by atoms with Crippen molar-refractivity contribution < 1.29 is 0 Å². The molecule has 0 fully saturated rings. The topological polar surface area (TPSA) is 45.5 Å². The number of benzene rings is 8. The molecule has 0 saturated heterocycles. The molecule has 0 spiro atoms. The van der Waals surface area contributed by atoms with Gasteiger partial charge in [-0.25, -0.2) is 0 Å². The van der Waals surface area contributed by atoms with Crippen LogP contribution in [0.5, 0.6) is 0 Å². The van der Waals surface area contributed by atoms with Crippen molar-refractivity contribution in [1.29, 1.82) is 0 Å². The zero-order chi connectivity index (χ0) is 46.5. The predicted octanol–water partition coefficient (Wildman–Crippen LogP) is 15.7. The molecule has 0 amide bonds. The summed E-state index contributed by atoms with van der Waals surface area (Å²) in [6, 6.07) is 59.6. The Hall–Kier alpha value is -8.74. The fourth-order valence-corrected chi connectivity index (χ4v) is 12.4. The second-order valence-corrected chi connectivity index (χ2v) is 19.6. The third-order valence-electron chi connectivity index (χ3n) is 15.9. The summed E-state index contributed by atoms with van der Waals surface area (Å²) in [6.45, 7) is 4.39. The first-order valence-corrected chi connectivity index (χ1v) is 24.4. The Bertz CT molecular complexity index is 4300. The van der Waals surface area contributed by atoms with E-state index in [0.29, 0.717) is 0 Å². The SMILES string of the molecule is Cc1ccncc1-n1c2ccc(-c3ccc4c(c3)c3ccccc3n4C)cc2c2cc3c(cc21)-c1cc2c(cc1CC3)c1cc(-c3ccc4c(c3)c3ccccc3n4C)ccc1n2-c1cnccc1C. The number of para-hydroxylation sites is 2. The van der Waals surface area contributed by atoms with Crippen LogP contribution in [0.25, 0.3) is 132 Å². The van der Waals surface area contributed by atoms with Crippen LogP contribution in [-0.2, 0) is 26.9 Å². The minimum absolute atomic E-state index is 0.969. The Labute approximate surface area is 403 Å². The molecule has 6 heterocycles. The first-order chi connectivity index (χ1) is 34.4. The molecule has 0 atom stereocenters. The van der Waals surface area contributed by atoms with Gasteiger partial charge in [-0.05, 0) is 179 Å². The van der Waals surface area contributed by atoms with E-state index in [2.05, 4.69) is 214 Å². The predicted molar refractivity (Wildman–Crippen MR) is 292 cm³/mol. The molecule has 0 bridgehead atoms. The van der Waals surface area contributed by atoms with Gasteiger partial charge in [-0.2, -0.15) is 0 Å². The molecule has 0 N–H and O–H groups in total. The van der Waals surface area contributed by atoms with Crippen molar-refractivity contribution in [3.63, 3.8) is 0 Å². The molecule has 1 aliphatic rings. The first-order valence-electron chi connectivity index (χ1n) is 24.4. The summed E-state index contributed by atoms with van der Waals surface area (Å²) >= 11 is 0. The summed E-state index contributed by atoms with van der Waals surface area (Å²) in [4.78, 5) is 9.36. The summed E-state index contributed by atoms with van der Waals surface area (Å²) in [5.74, 6) is 0. The van der Waals surface area contributed by atoms with Crippen molar-refractivity contribution in [3.05, 3.63) is 205 Å². The van der Waals surface area contributed by atoms with Gasteiger partial charge in [0.25, 0.3) is 0 Å². The molecule has 8 aromatic carbocycles. The van der Waals surface area contributed by atoms with Gasteiger partial charge in [-0.3, -0.25) is 9.97 Å². The van der Waals surface area contributed by atoms with Crippen LogP contribution >= 0.6 is 0 Å². The molecule has 0 aliphatic heterocycles. The van der Waals surface area contributed by atoms with Crippen molar-refractivity contribution >= 4 is 87.2 Å². The number of fused-ring (bicyclic) bond motifs is 15. The van der Waals surface area contributed by atoms with E-state index in [-0.39, 0.29) is 0 Å². The Kier molecular flexibility index (Phi) is 8.07. The smallest absolute Gasteiger partial charge is 0.0674 e. The quantitative estimate of drug-likeness (QED) is 0.177. The summed E-state index contributed by atoms with van der Waals surface area (Å²) in [6.07, 6.45) is 9.78. The van der Waals surface area contributed by atoms with Gasteiger partial charge in [0.05, 0.1) is 45.8 Å². The number of aryl methyl sites for hydroxylation is 6. The van der Waals surface area contributed by atoms with E-state index in [9.17, 15) is 0 Å². The summed E-state index contributed by atoms with van der Waals surface area (Å²) in [5, 5.41) is 10.2. The Balaban J connectivity index is 0.940. The van der Waals surface area contributed by atoms with Crippen LogP contribution in [0.3, 0.4) is 0 Å². The van der Waals surface area contributed by atoms with Gasteiger partial charge in [0.1, 0.15) is 0 Å². The highest BCUT2D eigenvalue weighted by atomic mass is 15.0. The maximum Gasteiger partial charge on any atom is 0.0674 e. The van der Waals surface area contributed by atoms with E-state index in [4.69, 9.17) is 0 Å². The molecular weight excluding hydrogens is 853 g/mol. The molecule has 0 unspecified atom stereocenters. The average molecular weight is 899 g/mol. The maximum atomic E-state index is 4.68. The lowest BCUT2D eigenvalue weighted by Gasteiger charge is -2.22. The van der Waals surface area contributed by atoms with Gasteiger partial charge in [0.2, 0.25) is 0 Å². The Morgan fingerprint density at radius 1 is 0.343 bits per heavy atom.